The van der Waals surface area contributed by atoms with E-state index in [2.05, 4.69) is 13.8 Å². The number of pyridine rings is 1. The van der Waals surface area contributed by atoms with Crippen LogP contribution >= 0.6 is 0 Å². The Bertz CT molecular complexity index is 827. The number of fused-ring (bicyclic) bond motifs is 1. The SMILES string of the molecule is CCCCCCOc1c(OC(C)C)c(=O)n(CCCCCC)c2cc(N)ccc12. The third-order valence-electron chi connectivity index (χ3n) is 5.04. The molecule has 162 valence electrons. The van der Waals surface area contributed by atoms with E-state index in [1.807, 2.05) is 36.6 Å². The zero-order chi connectivity index (χ0) is 21.2. The number of unbranched alkanes of at least 4 members (excludes halogenated alkanes) is 6. The molecule has 2 rings (SSSR count). The van der Waals surface area contributed by atoms with E-state index in [-0.39, 0.29) is 11.7 Å². The number of aryl methyl sites for hydroxylation is 1. The highest BCUT2D eigenvalue weighted by molar-refractivity contribution is 5.90. The van der Waals surface area contributed by atoms with Crippen molar-refractivity contribution >= 4 is 16.6 Å². The second-order valence-corrected chi connectivity index (χ2v) is 8.03. The lowest BCUT2D eigenvalue weighted by Gasteiger charge is -2.20. The molecule has 2 aromatic rings. The van der Waals surface area contributed by atoms with Gasteiger partial charge in [-0.25, -0.2) is 0 Å². The van der Waals surface area contributed by atoms with Crippen molar-refractivity contribution in [2.75, 3.05) is 12.3 Å². The number of anilines is 1. The maximum atomic E-state index is 13.4. The van der Waals surface area contributed by atoms with Crippen molar-refractivity contribution in [3.8, 4) is 11.5 Å². The van der Waals surface area contributed by atoms with E-state index in [0.717, 1.165) is 43.0 Å². The second-order valence-electron chi connectivity index (χ2n) is 8.03. The van der Waals surface area contributed by atoms with Crippen molar-refractivity contribution in [2.45, 2.75) is 91.7 Å². The summed E-state index contributed by atoms with van der Waals surface area (Å²) in [5.74, 6) is 0.878. The van der Waals surface area contributed by atoms with Gasteiger partial charge in [0.15, 0.2) is 5.75 Å². The molecule has 0 amide bonds. The molecule has 1 aromatic heterocycles. The Kier molecular flexibility index (Phi) is 9.36. The van der Waals surface area contributed by atoms with Crippen LogP contribution in [0.2, 0.25) is 0 Å². The fourth-order valence-corrected chi connectivity index (χ4v) is 3.52. The van der Waals surface area contributed by atoms with Crippen LogP contribution in [0.1, 0.15) is 79.1 Å². The zero-order valence-electron chi connectivity index (χ0n) is 18.6. The lowest BCUT2D eigenvalue weighted by Crippen LogP contribution is -2.25. The minimum absolute atomic E-state index is 0.107. The van der Waals surface area contributed by atoms with Crippen molar-refractivity contribution in [1.29, 1.82) is 0 Å². The normalized spacial score (nSPS) is 11.3. The fourth-order valence-electron chi connectivity index (χ4n) is 3.52. The van der Waals surface area contributed by atoms with Crippen LogP contribution in [0.5, 0.6) is 11.5 Å². The van der Waals surface area contributed by atoms with E-state index in [9.17, 15) is 4.79 Å². The lowest BCUT2D eigenvalue weighted by molar-refractivity contribution is 0.216. The van der Waals surface area contributed by atoms with Gasteiger partial charge in [0.05, 0.1) is 18.2 Å². The quantitative estimate of drug-likeness (QED) is 0.334. The van der Waals surface area contributed by atoms with Gasteiger partial charge in [-0.2, -0.15) is 0 Å². The van der Waals surface area contributed by atoms with Crippen molar-refractivity contribution in [3.05, 3.63) is 28.6 Å². The van der Waals surface area contributed by atoms with Gasteiger partial charge in [0.2, 0.25) is 5.75 Å². The number of benzene rings is 1. The summed E-state index contributed by atoms with van der Waals surface area (Å²) in [5, 5.41) is 0.889. The van der Waals surface area contributed by atoms with Crippen molar-refractivity contribution < 1.29 is 9.47 Å². The predicted octanol–water partition coefficient (Wildman–Crippen LogP) is 5.91. The molecule has 29 heavy (non-hydrogen) atoms. The molecule has 0 aliphatic heterocycles. The first-order valence-corrected chi connectivity index (χ1v) is 11.2. The van der Waals surface area contributed by atoms with Crippen LogP contribution in [0.3, 0.4) is 0 Å². The molecule has 0 aliphatic carbocycles. The van der Waals surface area contributed by atoms with Gasteiger partial charge in [-0.3, -0.25) is 4.79 Å². The molecular formula is C24H38N2O3. The summed E-state index contributed by atoms with van der Waals surface area (Å²) in [5.41, 5.74) is 7.40. The van der Waals surface area contributed by atoms with E-state index in [0.29, 0.717) is 30.3 Å². The first kappa shape index (κ1) is 23.1. The number of nitrogens with two attached hydrogens (primary N) is 1. The Balaban J connectivity index is 2.47. The van der Waals surface area contributed by atoms with Crippen molar-refractivity contribution in [2.24, 2.45) is 0 Å². The fraction of sp³-hybridized carbons (Fsp3) is 0.625. The zero-order valence-corrected chi connectivity index (χ0v) is 18.6. The standard InChI is InChI=1S/C24H38N2O3/c1-5-7-9-11-15-26-21-17-19(25)13-14-20(21)22(28-16-12-10-8-6-2)23(24(26)27)29-18(3)4/h13-14,17-18H,5-12,15-16,25H2,1-4H3. The summed E-state index contributed by atoms with van der Waals surface area (Å²) in [6, 6.07) is 5.68. The van der Waals surface area contributed by atoms with Crippen LogP contribution in [0, 0.1) is 0 Å². The predicted molar refractivity (Wildman–Crippen MR) is 122 cm³/mol. The molecule has 2 N–H and O–H groups in total. The molecule has 0 radical (unpaired) electrons. The second kappa shape index (κ2) is 11.7. The topological polar surface area (TPSA) is 66.5 Å². The summed E-state index contributed by atoms with van der Waals surface area (Å²) in [4.78, 5) is 13.4. The highest BCUT2D eigenvalue weighted by Gasteiger charge is 2.20. The highest BCUT2D eigenvalue weighted by atomic mass is 16.5. The summed E-state index contributed by atoms with van der Waals surface area (Å²) >= 11 is 0. The molecular weight excluding hydrogens is 364 g/mol. The Morgan fingerprint density at radius 1 is 0.966 bits per heavy atom. The minimum Gasteiger partial charge on any atom is -0.489 e. The molecule has 0 unspecified atom stereocenters. The Morgan fingerprint density at radius 3 is 2.31 bits per heavy atom. The third-order valence-corrected chi connectivity index (χ3v) is 5.04. The van der Waals surface area contributed by atoms with Crippen LogP contribution in [-0.4, -0.2) is 17.3 Å². The highest BCUT2D eigenvalue weighted by Crippen LogP contribution is 2.34. The number of nitrogens with zero attached hydrogens (tertiary/aromatic N) is 1. The monoisotopic (exact) mass is 402 g/mol. The van der Waals surface area contributed by atoms with Gasteiger partial charge in [-0.1, -0.05) is 52.4 Å². The van der Waals surface area contributed by atoms with Gasteiger partial charge in [0, 0.05) is 17.6 Å². The van der Waals surface area contributed by atoms with Crippen LogP contribution < -0.4 is 20.8 Å². The van der Waals surface area contributed by atoms with E-state index < -0.39 is 0 Å². The van der Waals surface area contributed by atoms with E-state index >= 15 is 0 Å². The molecule has 0 atom stereocenters. The van der Waals surface area contributed by atoms with E-state index in [4.69, 9.17) is 15.2 Å². The number of ether oxygens (including phenoxy) is 2. The van der Waals surface area contributed by atoms with Crippen LogP contribution in [-0.2, 0) is 6.54 Å². The van der Waals surface area contributed by atoms with E-state index in [1.54, 1.807) is 0 Å². The molecule has 5 heteroatoms. The van der Waals surface area contributed by atoms with Crippen LogP contribution in [0.4, 0.5) is 5.69 Å². The van der Waals surface area contributed by atoms with Crippen LogP contribution in [0.15, 0.2) is 23.0 Å². The first-order valence-electron chi connectivity index (χ1n) is 11.2. The molecule has 0 spiro atoms. The number of hydrogen-bond acceptors (Lipinski definition) is 4. The van der Waals surface area contributed by atoms with Crippen molar-refractivity contribution in [3.63, 3.8) is 0 Å². The number of hydrogen-bond donors (Lipinski definition) is 1. The summed E-state index contributed by atoms with van der Waals surface area (Å²) in [7, 11) is 0. The summed E-state index contributed by atoms with van der Waals surface area (Å²) < 4.78 is 13.9. The van der Waals surface area contributed by atoms with Crippen LogP contribution in [0.25, 0.3) is 10.9 Å². The van der Waals surface area contributed by atoms with Gasteiger partial charge in [0.25, 0.3) is 5.56 Å². The van der Waals surface area contributed by atoms with Gasteiger partial charge in [0.1, 0.15) is 0 Å². The molecule has 1 aromatic carbocycles. The average molecular weight is 403 g/mol. The molecule has 1 heterocycles. The molecule has 0 saturated carbocycles. The molecule has 0 bridgehead atoms. The van der Waals surface area contributed by atoms with Gasteiger partial charge < -0.3 is 19.8 Å². The smallest absolute Gasteiger partial charge is 0.297 e. The maximum absolute atomic E-state index is 13.4. The Labute approximate surface area is 175 Å². The first-order chi connectivity index (χ1) is 14.0. The van der Waals surface area contributed by atoms with Gasteiger partial charge >= 0.3 is 0 Å². The molecule has 0 aliphatic rings. The van der Waals surface area contributed by atoms with E-state index in [1.165, 1.54) is 19.3 Å². The minimum atomic E-state index is -0.128. The molecule has 0 fully saturated rings. The maximum Gasteiger partial charge on any atom is 0.297 e. The Hall–Kier alpha value is -2.17. The number of aromatic nitrogens is 1. The molecule has 0 saturated heterocycles. The average Bonchev–Trinajstić information content (AvgIpc) is 2.68. The summed E-state index contributed by atoms with van der Waals surface area (Å²) in [6.07, 6.45) is 8.73. The molecule has 5 nitrogen and oxygen atoms in total. The number of rotatable bonds is 13. The summed E-state index contributed by atoms with van der Waals surface area (Å²) in [6.45, 7) is 9.47. The van der Waals surface area contributed by atoms with Gasteiger partial charge in [-0.15, -0.1) is 0 Å². The largest absolute Gasteiger partial charge is 0.489 e. The number of nitrogen functional groups attached to an aromatic ring is 1. The third kappa shape index (κ3) is 6.41. The lowest BCUT2D eigenvalue weighted by atomic mass is 10.1. The van der Waals surface area contributed by atoms with Gasteiger partial charge in [-0.05, 0) is 44.9 Å². The van der Waals surface area contributed by atoms with Crippen molar-refractivity contribution in [1.82, 2.24) is 4.57 Å². The Morgan fingerprint density at radius 2 is 1.66 bits per heavy atom.